The summed E-state index contributed by atoms with van der Waals surface area (Å²) in [6, 6.07) is 16.3. The predicted molar refractivity (Wildman–Crippen MR) is 138 cm³/mol. The Morgan fingerprint density at radius 1 is 1.11 bits per heavy atom. The van der Waals surface area contributed by atoms with Crippen molar-refractivity contribution in [2.24, 2.45) is 0 Å². The first-order valence-corrected chi connectivity index (χ1v) is 11.4. The Morgan fingerprint density at radius 2 is 1.92 bits per heavy atom. The number of aryl methyl sites for hydroxylation is 1. The molecule has 0 aliphatic rings. The second kappa shape index (κ2) is 9.47. The van der Waals surface area contributed by atoms with Gasteiger partial charge in [0.25, 0.3) is 5.56 Å². The highest BCUT2D eigenvalue weighted by atomic mass is 19.1. The summed E-state index contributed by atoms with van der Waals surface area (Å²) in [6.07, 6.45) is 3.00. The number of nitrogens with two attached hydrogens (primary N) is 1. The third-order valence-electron chi connectivity index (χ3n) is 5.87. The number of hydrogen-bond donors (Lipinski definition) is 2. The maximum atomic E-state index is 14.3. The summed E-state index contributed by atoms with van der Waals surface area (Å²) < 4.78 is 15.7. The standard InChI is InChI=1S/C27H21FN8O/c1-15-11-17(9-10-31-15)21-7-4-8-22-23(21)26(37)36(20-6-3-5-19(28)12-20)25(34-22)16(2)33-24-18(13-29)14-32-27(30)35-24/h3-12,14,16H,1-2H3,(H3,30,32,33,35)/t16-/m1/s1. The molecule has 0 fully saturated rings. The van der Waals surface area contributed by atoms with Crippen LogP contribution in [-0.2, 0) is 0 Å². The number of rotatable bonds is 5. The average molecular weight is 493 g/mol. The Morgan fingerprint density at radius 3 is 2.68 bits per heavy atom. The minimum atomic E-state index is -0.631. The molecule has 0 saturated heterocycles. The Balaban J connectivity index is 1.77. The van der Waals surface area contributed by atoms with Gasteiger partial charge in [-0.1, -0.05) is 18.2 Å². The van der Waals surface area contributed by atoms with E-state index in [-0.39, 0.29) is 22.9 Å². The highest BCUT2D eigenvalue weighted by Gasteiger charge is 2.22. The molecule has 0 radical (unpaired) electrons. The third-order valence-corrected chi connectivity index (χ3v) is 5.87. The molecule has 37 heavy (non-hydrogen) atoms. The van der Waals surface area contributed by atoms with E-state index in [1.807, 2.05) is 37.3 Å². The van der Waals surface area contributed by atoms with Crippen LogP contribution in [0.15, 0.2) is 71.8 Å². The summed E-state index contributed by atoms with van der Waals surface area (Å²) in [7, 11) is 0. The van der Waals surface area contributed by atoms with E-state index in [0.717, 1.165) is 11.3 Å². The van der Waals surface area contributed by atoms with Crippen LogP contribution in [0.4, 0.5) is 16.2 Å². The highest BCUT2D eigenvalue weighted by molar-refractivity contribution is 5.94. The molecule has 0 aliphatic carbocycles. The first-order chi connectivity index (χ1) is 17.9. The van der Waals surface area contributed by atoms with E-state index in [9.17, 15) is 14.4 Å². The number of nitrogens with one attached hydrogen (secondary N) is 1. The molecule has 9 nitrogen and oxygen atoms in total. The summed E-state index contributed by atoms with van der Waals surface area (Å²) in [6.45, 7) is 3.64. The number of nitrogen functional groups attached to an aromatic ring is 1. The van der Waals surface area contributed by atoms with Crippen LogP contribution in [0.1, 0.15) is 30.0 Å². The van der Waals surface area contributed by atoms with Crippen molar-refractivity contribution in [3.8, 4) is 22.9 Å². The molecule has 0 amide bonds. The van der Waals surface area contributed by atoms with Gasteiger partial charge in [0.15, 0.2) is 0 Å². The molecule has 3 N–H and O–H groups in total. The van der Waals surface area contributed by atoms with Gasteiger partial charge in [0.05, 0.1) is 28.8 Å². The second-order valence-electron chi connectivity index (χ2n) is 8.44. The lowest BCUT2D eigenvalue weighted by Crippen LogP contribution is -2.28. The molecular weight excluding hydrogens is 471 g/mol. The van der Waals surface area contributed by atoms with Crippen LogP contribution in [0.25, 0.3) is 27.7 Å². The maximum absolute atomic E-state index is 14.3. The largest absolute Gasteiger partial charge is 0.368 e. The molecular formula is C27H21FN8O. The van der Waals surface area contributed by atoms with Gasteiger partial charge in [-0.2, -0.15) is 10.2 Å². The van der Waals surface area contributed by atoms with Gasteiger partial charge >= 0.3 is 0 Å². The number of nitriles is 1. The van der Waals surface area contributed by atoms with Gasteiger partial charge in [0, 0.05) is 11.9 Å². The number of fused-ring (bicyclic) bond motifs is 1. The Labute approximate surface area is 211 Å². The van der Waals surface area contributed by atoms with E-state index in [2.05, 4.69) is 20.3 Å². The third kappa shape index (κ3) is 4.46. The van der Waals surface area contributed by atoms with Crippen LogP contribution in [0.5, 0.6) is 0 Å². The minimum Gasteiger partial charge on any atom is -0.368 e. The van der Waals surface area contributed by atoms with Gasteiger partial charge in [-0.05, 0) is 61.4 Å². The van der Waals surface area contributed by atoms with Crippen molar-refractivity contribution in [3.05, 3.63) is 100 Å². The van der Waals surface area contributed by atoms with Crippen LogP contribution in [0.3, 0.4) is 0 Å². The molecule has 2 aromatic carbocycles. The normalized spacial score (nSPS) is 11.7. The van der Waals surface area contributed by atoms with Crippen molar-refractivity contribution in [2.45, 2.75) is 19.9 Å². The first kappa shape index (κ1) is 23.6. The number of nitrogens with zero attached hydrogens (tertiary/aromatic N) is 6. The molecule has 5 aromatic rings. The topological polar surface area (TPSA) is 135 Å². The summed E-state index contributed by atoms with van der Waals surface area (Å²) >= 11 is 0. The van der Waals surface area contributed by atoms with Crippen LogP contribution >= 0.6 is 0 Å². The van der Waals surface area contributed by atoms with Crippen molar-refractivity contribution in [3.63, 3.8) is 0 Å². The molecule has 0 spiro atoms. The van der Waals surface area contributed by atoms with Crippen molar-refractivity contribution in [1.82, 2.24) is 24.5 Å². The molecule has 10 heteroatoms. The molecule has 5 rings (SSSR count). The quantitative estimate of drug-likeness (QED) is 0.370. The molecule has 182 valence electrons. The van der Waals surface area contributed by atoms with Crippen molar-refractivity contribution < 1.29 is 4.39 Å². The van der Waals surface area contributed by atoms with E-state index >= 15 is 0 Å². The Hall–Kier alpha value is -5.17. The summed E-state index contributed by atoms with van der Waals surface area (Å²) in [5, 5.41) is 13.0. The molecule has 0 bridgehead atoms. The number of benzene rings is 2. The van der Waals surface area contributed by atoms with E-state index in [0.29, 0.717) is 28.0 Å². The zero-order valence-electron chi connectivity index (χ0n) is 20.0. The molecule has 0 saturated carbocycles. The summed E-state index contributed by atoms with van der Waals surface area (Å²) in [5.74, 6) is -0.0136. The molecule has 1 atom stereocenters. The lowest BCUT2D eigenvalue weighted by molar-refractivity contribution is 0.624. The predicted octanol–water partition coefficient (Wildman–Crippen LogP) is 4.31. The SMILES string of the molecule is Cc1cc(-c2cccc3nc([C@@H](C)Nc4nc(N)ncc4C#N)n(-c4cccc(F)c4)c(=O)c23)ccn1. The van der Waals surface area contributed by atoms with Gasteiger partial charge in [-0.25, -0.2) is 14.4 Å². The summed E-state index contributed by atoms with van der Waals surface area (Å²) in [5.41, 5.74) is 8.63. The minimum absolute atomic E-state index is 0.0139. The Bertz CT molecular complexity index is 1760. The van der Waals surface area contributed by atoms with E-state index in [1.54, 1.807) is 25.3 Å². The number of pyridine rings is 1. The van der Waals surface area contributed by atoms with Gasteiger partial charge in [-0.15, -0.1) is 0 Å². The van der Waals surface area contributed by atoms with Crippen LogP contribution in [-0.4, -0.2) is 24.5 Å². The van der Waals surface area contributed by atoms with E-state index in [1.165, 1.54) is 29.0 Å². The number of hydrogen-bond acceptors (Lipinski definition) is 8. The molecule has 0 unspecified atom stereocenters. The van der Waals surface area contributed by atoms with Crippen molar-refractivity contribution in [2.75, 3.05) is 11.1 Å². The lowest BCUT2D eigenvalue weighted by atomic mass is 10.0. The smallest absolute Gasteiger partial charge is 0.266 e. The fraction of sp³-hybridized carbons (Fsp3) is 0.111. The maximum Gasteiger partial charge on any atom is 0.266 e. The van der Waals surface area contributed by atoms with Crippen LogP contribution < -0.4 is 16.6 Å². The number of aromatic nitrogens is 5. The van der Waals surface area contributed by atoms with Gasteiger partial charge in [0.2, 0.25) is 5.95 Å². The molecule has 3 aromatic heterocycles. The lowest BCUT2D eigenvalue weighted by Gasteiger charge is -2.21. The summed E-state index contributed by atoms with van der Waals surface area (Å²) in [4.78, 5) is 31.2. The number of anilines is 2. The fourth-order valence-corrected chi connectivity index (χ4v) is 4.21. The van der Waals surface area contributed by atoms with E-state index in [4.69, 9.17) is 10.7 Å². The molecule has 3 heterocycles. The van der Waals surface area contributed by atoms with Crippen molar-refractivity contribution in [1.29, 1.82) is 5.26 Å². The van der Waals surface area contributed by atoms with Crippen LogP contribution in [0, 0.1) is 24.1 Å². The average Bonchev–Trinajstić information content (AvgIpc) is 2.88. The Kier molecular flexibility index (Phi) is 6.03. The zero-order valence-corrected chi connectivity index (χ0v) is 20.0. The first-order valence-electron chi connectivity index (χ1n) is 11.4. The second-order valence-corrected chi connectivity index (χ2v) is 8.44. The number of halogens is 1. The van der Waals surface area contributed by atoms with Crippen molar-refractivity contribution >= 4 is 22.7 Å². The van der Waals surface area contributed by atoms with Gasteiger partial charge in [0.1, 0.15) is 29.1 Å². The van der Waals surface area contributed by atoms with Crippen LogP contribution in [0.2, 0.25) is 0 Å². The molecule has 0 aliphatic heterocycles. The van der Waals surface area contributed by atoms with Gasteiger partial charge in [-0.3, -0.25) is 14.3 Å². The monoisotopic (exact) mass is 492 g/mol. The fourth-order valence-electron chi connectivity index (χ4n) is 4.21. The van der Waals surface area contributed by atoms with Gasteiger partial charge < -0.3 is 11.1 Å². The zero-order chi connectivity index (χ0) is 26.1. The van der Waals surface area contributed by atoms with E-state index < -0.39 is 11.9 Å². The highest BCUT2D eigenvalue weighted by Crippen LogP contribution is 2.29.